The molecule has 0 aliphatic carbocycles. The molecule has 0 aromatic carbocycles. The summed E-state index contributed by atoms with van der Waals surface area (Å²) < 4.78 is 35.9. The molecule has 0 aliphatic rings. The molecule has 0 N–H and O–H groups in total. The van der Waals surface area contributed by atoms with Crippen LogP contribution in [0.25, 0.3) is 0 Å². The van der Waals surface area contributed by atoms with Gasteiger partial charge in [-0.3, -0.25) is 4.79 Å². The Morgan fingerprint density at radius 2 is 1.23 bits per heavy atom. The zero-order chi connectivity index (χ0) is 16.7. The number of carbonyl (C=O) groups excluding carboxylic acids is 1. The quantitative estimate of drug-likeness (QED) is 0.255. The van der Waals surface area contributed by atoms with Crippen LogP contribution in [0, 0.1) is 0 Å². The first-order valence-corrected chi connectivity index (χ1v) is 8.73. The van der Waals surface area contributed by atoms with E-state index in [9.17, 15) is 18.0 Å². The molecule has 0 heterocycles. The average Bonchev–Trinajstić information content (AvgIpc) is 2.46. The van der Waals surface area contributed by atoms with Crippen molar-refractivity contribution in [3.63, 3.8) is 0 Å². The lowest BCUT2D eigenvalue weighted by Gasteiger charge is -2.04. The van der Waals surface area contributed by atoms with E-state index in [4.69, 9.17) is 0 Å². The smallest absolute Gasteiger partial charge is 0.290 e. The van der Waals surface area contributed by atoms with Crippen LogP contribution < -0.4 is 0 Å². The lowest BCUT2D eigenvalue weighted by molar-refractivity contribution is -0.171. The van der Waals surface area contributed by atoms with Crippen LogP contribution in [0.4, 0.5) is 13.2 Å². The largest absolute Gasteiger partial charge is 0.449 e. The molecular formula is C18H31F3O. The van der Waals surface area contributed by atoms with Gasteiger partial charge in [-0.2, -0.15) is 13.2 Å². The number of allylic oxidation sites excluding steroid dienone is 2. The molecule has 4 heteroatoms. The molecule has 22 heavy (non-hydrogen) atoms. The zero-order valence-electron chi connectivity index (χ0n) is 13.9. The van der Waals surface area contributed by atoms with Gasteiger partial charge in [0.2, 0.25) is 5.78 Å². The summed E-state index contributed by atoms with van der Waals surface area (Å²) in [5, 5.41) is 0. The second kappa shape index (κ2) is 13.8. The Kier molecular flexibility index (Phi) is 13.3. The number of halogens is 3. The summed E-state index contributed by atoms with van der Waals surface area (Å²) in [6.07, 6.45) is 12.3. The third kappa shape index (κ3) is 14.2. The summed E-state index contributed by atoms with van der Waals surface area (Å²) in [5.41, 5.74) is 0. The number of ketones is 1. The molecule has 0 saturated carbocycles. The van der Waals surface area contributed by atoms with Crippen molar-refractivity contribution in [2.24, 2.45) is 0 Å². The van der Waals surface area contributed by atoms with Crippen LogP contribution >= 0.6 is 0 Å². The maximum Gasteiger partial charge on any atom is 0.449 e. The molecule has 0 aromatic heterocycles. The summed E-state index contributed by atoms with van der Waals surface area (Å²) >= 11 is 0. The van der Waals surface area contributed by atoms with Crippen molar-refractivity contribution >= 4 is 5.78 Å². The number of alkyl halides is 3. The van der Waals surface area contributed by atoms with Crippen molar-refractivity contribution in [2.45, 2.75) is 96.6 Å². The molecular weight excluding hydrogens is 289 g/mol. The molecule has 1 nitrogen and oxygen atoms in total. The molecule has 0 amide bonds. The Hall–Kier alpha value is -0.800. The monoisotopic (exact) mass is 320 g/mol. The fraction of sp³-hybridized carbons (Fsp3) is 0.833. The Bertz CT molecular complexity index is 295. The highest BCUT2D eigenvalue weighted by molar-refractivity contribution is 5.83. The van der Waals surface area contributed by atoms with Crippen LogP contribution in [0.1, 0.15) is 90.4 Å². The predicted molar refractivity (Wildman–Crippen MR) is 85.9 cm³/mol. The normalized spacial score (nSPS) is 12.2. The molecule has 0 spiro atoms. The number of rotatable bonds is 14. The molecule has 0 fully saturated rings. The van der Waals surface area contributed by atoms with Gasteiger partial charge in [-0.1, -0.05) is 70.4 Å². The number of Topliss-reactive ketones (excluding diaryl/α,β-unsaturated/α-hetero) is 1. The summed E-state index contributed by atoms with van der Waals surface area (Å²) in [7, 11) is 0. The van der Waals surface area contributed by atoms with Crippen LogP contribution in [0.3, 0.4) is 0 Å². The van der Waals surface area contributed by atoms with E-state index < -0.39 is 12.0 Å². The van der Waals surface area contributed by atoms with Crippen molar-refractivity contribution in [1.82, 2.24) is 0 Å². The van der Waals surface area contributed by atoms with Crippen molar-refractivity contribution < 1.29 is 18.0 Å². The first kappa shape index (κ1) is 21.2. The van der Waals surface area contributed by atoms with E-state index in [-0.39, 0.29) is 6.42 Å². The molecule has 0 atom stereocenters. The number of hydrogen-bond donors (Lipinski definition) is 0. The van der Waals surface area contributed by atoms with Gasteiger partial charge in [0, 0.05) is 6.42 Å². The lowest BCUT2D eigenvalue weighted by atomic mass is 10.1. The Morgan fingerprint density at radius 3 is 1.73 bits per heavy atom. The maximum atomic E-state index is 12.0. The third-order valence-electron chi connectivity index (χ3n) is 3.73. The van der Waals surface area contributed by atoms with E-state index in [1.54, 1.807) is 0 Å². The van der Waals surface area contributed by atoms with E-state index in [1.807, 2.05) is 0 Å². The third-order valence-corrected chi connectivity index (χ3v) is 3.73. The lowest BCUT2D eigenvalue weighted by Crippen LogP contribution is -2.22. The molecule has 0 aromatic rings. The maximum absolute atomic E-state index is 12.0. The van der Waals surface area contributed by atoms with Crippen molar-refractivity contribution in [3.8, 4) is 0 Å². The van der Waals surface area contributed by atoms with Crippen LogP contribution in [-0.4, -0.2) is 12.0 Å². The molecule has 130 valence electrons. The minimum atomic E-state index is -4.65. The van der Waals surface area contributed by atoms with E-state index in [0.29, 0.717) is 6.42 Å². The predicted octanol–water partition coefficient (Wildman–Crippen LogP) is 6.77. The number of unbranched alkanes of at least 4 members (excludes halogenated alkanes) is 10. The van der Waals surface area contributed by atoms with Crippen LogP contribution in [0.5, 0.6) is 0 Å². The van der Waals surface area contributed by atoms with Crippen molar-refractivity contribution in [3.05, 3.63) is 12.2 Å². The molecule has 0 saturated heterocycles. The van der Waals surface area contributed by atoms with Gasteiger partial charge in [-0.05, 0) is 25.7 Å². The first-order chi connectivity index (χ1) is 10.5. The Balaban J connectivity index is 3.21. The molecule has 0 bridgehead atoms. The fourth-order valence-corrected chi connectivity index (χ4v) is 2.31. The highest BCUT2D eigenvalue weighted by Crippen LogP contribution is 2.20. The SMILES string of the molecule is CCCC/C=C\CCCCCCCCCCC(=O)C(F)(F)F. The minimum absolute atomic E-state index is 0.353. The molecule has 0 radical (unpaired) electrons. The van der Waals surface area contributed by atoms with E-state index in [2.05, 4.69) is 19.1 Å². The number of carbonyl (C=O) groups is 1. The Labute approximate surface area is 133 Å². The standard InChI is InChI=1S/C18H31F3O/c1-2-3-4-5-6-7-8-9-10-11-12-13-14-15-16-17(22)18(19,20)21/h5-6H,2-4,7-16H2,1H3/b6-5-. The topological polar surface area (TPSA) is 17.1 Å². The molecule has 0 rings (SSSR count). The average molecular weight is 320 g/mol. The Morgan fingerprint density at radius 1 is 0.773 bits per heavy atom. The second-order valence-corrected chi connectivity index (χ2v) is 5.90. The van der Waals surface area contributed by atoms with Gasteiger partial charge in [0.1, 0.15) is 0 Å². The summed E-state index contributed by atoms with van der Waals surface area (Å²) in [4.78, 5) is 10.7. The molecule has 0 unspecified atom stereocenters. The van der Waals surface area contributed by atoms with Gasteiger partial charge in [0.05, 0.1) is 0 Å². The highest BCUT2D eigenvalue weighted by atomic mass is 19.4. The fourth-order valence-electron chi connectivity index (χ4n) is 2.31. The minimum Gasteiger partial charge on any atom is -0.290 e. The van der Waals surface area contributed by atoms with E-state index >= 15 is 0 Å². The van der Waals surface area contributed by atoms with Crippen LogP contribution in [0.15, 0.2) is 12.2 Å². The van der Waals surface area contributed by atoms with Crippen molar-refractivity contribution in [1.29, 1.82) is 0 Å². The first-order valence-electron chi connectivity index (χ1n) is 8.73. The number of hydrogen-bond acceptors (Lipinski definition) is 1. The van der Waals surface area contributed by atoms with Gasteiger partial charge < -0.3 is 0 Å². The molecule has 0 aliphatic heterocycles. The van der Waals surface area contributed by atoms with Gasteiger partial charge in [0.15, 0.2) is 0 Å². The van der Waals surface area contributed by atoms with Gasteiger partial charge in [-0.25, -0.2) is 0 Å². The highest BCUT2D eigenvalue weighted by Gasteiger charge is 2.36. The van der Waals surface area contributed by atoms with Gasteiger partial charge in [-0.15, -0.1) is 0 Å². The van der Waals surface area contributed by atoms with Crippen LogP contribution in [0.2, 0.25) is 0 Å². The van der Waals surface area contributed by atoms with Gasteiger partial charge >= 0.3 is 6.18 Å². The second-order valence-electron chi connectivity index (χ2n) is 5.90. The van der Waals surface area contributed by atoms with E-state index in [0.717, 1.165) is 32.1 Å². The summed E-state index contributed by atoms with van der Waals surface area (Å²) in [6, 6.07) is 0. The zero-order valence-corrected chi connectivity index (χ0v) is 13.9. The summed E-state index contributed by atoms with van der Waals surface area (Å²) in [6.45, 7) is 2.20. The summed E-state index contributed by atoms with van der Waals surface area (Å²) in [5.74, 6) is -1.58. The van der Waals surface area contributed by atoms with Crippen LogP contribution in [-0.2, 0) is 4.79 Å². The van der Waals surface area contributed by atoms with Crippen molar-refractivity contribution in [2.75, 3.05) is 0 Å². The van der Waals surface area contributed by atoms with Gasteiger partial charge in [0.25, 0.3) is 0 Å². The van der Waals surface area contributed by atoms with E-state index in [1.165, 1.54) is 38.5 Å².